The van der Waals surface area contributed by atoms with Crippen molar-refractivity contribution in [2.45, 2.75) is 39.2 Å². The summed E-state index contributed by atoms with van der Waals surface area (Å²) in [5.41, 5.74) is 8.07. The first-order valence-electron chi connectivity index (χ1n) is 17.7. The van der Waals surface area contributed by atoms with Gasteiger partial charge < -0.3 is 24.1 Å². The van der Waals surface area contributed by atoms with Crippen molar-refractivity contribution in [2.75, 3.05) is 50.7 Å². The summed E-state index contributed by atoms with van der Waals surface area (Å²) in [5.74, 6) is -0.425. The van der Waals surface area contributed by atoms with Crippen LogP contribution in [0.5, 0.6) is 0 Å². The molecule has 51 heavy (non-hydrogen) atoms. The molecular formula is C42H44N4O5. The zero-order valence-corrected chi connectivity index (χ0v) is 29.5. The van der Waals surface area contributed by atoms with Crippen LogP contribution in [-0.2, 0) is 11.2 Å². The number of carboxylic acid groups (broad SMARTS) is 1. The van der Waals surface area contributed by atoms with Gasteiger partial charge in [0.1, 0.15) is 11.1 Å². The molecule has 1 fully saturated rings. The van der Waals surface area contributed by atoms with Crippen LogP contribution in [0.25, 0.3) is 39.3 Å². The summed E-state index contributed by atoms with van der Waals surface area (Å²) in [4.78, 5) is 36.2. The number of aromatic carboxylic acids is 1. The number of aromatic nitrogens is 1. The third kappa shape index (κ3) is 7.99. The maximum atomic E-state index is 12.6. The molecule has 0 aliphatic carbocycles. The molecule has 1 N–H and O–H groups in total. The van der Waals surface area contributed by atoms with Gasteiger partial charge in [-0.2, -0.15) is 0 Å². The molecule has 1 amide bonds. The molecule has 9 heteroatoms. The number of hydrogen-bond acceptors (Lipinski definition) is 7. The minimum Gasteiger partial charge on any atom is -0.478 e. The molecule has 262 valence electrons. The van der Waals surface area contributed by atoms with E-state index in [0.717, 1.165) is 78.2 Å². The highest BCUT2D eigenvalue weighted by atomic mass is 16.6. The molecule has 0 atom stereocenters. The molecule has 1 aromatic heterocycles. The van der Waals surface area contributed by atoms with Gasteiger partial charge >= 0.3 is 12.1 Å². The SMILES string of the molecule is CC(C)(C)OC(=O)N1CC=C(c2cc(-c3ccc(-c4nc5cc(N6CCN(CCc7ccccc7)CC6)ccc5o4)cc3)ccc2C(=O)O)CC1. The Labute approximate surface area is 298 Å². The van der Waals surface area contributed by atoms with E-state index in [2.05, 4.69) is 52.3 Å². The predicted octanol–water partition coefficient (Wildman–Crippen LogP) is 8.25. The lowest BCUT2D eigenvalue weighted by Crippen LogP contribution is -2.47. The highest BCUT2D eigenvalue weighted by molar-refractivity contribution is 5.95. The summed E-state index contributed by atoms with van der Waals surface area (Å²) in [6, 6.07) is 30.3. The third-order valence-corrected chi connectivity index (χ3v) is 9.59. The maximum absolute atomic E-state index is 12.6. The normalized spacial score (nSPS) is 15.5. The van der Waals surface area contributed by atoms with Gasteiger partial charge in [-0.25, -0.2) is 14.6 Å². The highest BCUT2D eigenvalue weighted by Gasteiger charge is 2.26. The van der Waals surface area contributed by atoms with Crippen LogP contribution in [0.1, 0.15) is 48.7 Å². The Kier molecular flexibility index (Phi) is 9.65. The second-order valence-corrected chi connectivity index (χ2v) is 14.3. The van der Waals surface area contributed by atoms with E-state index in [1.54, 1.807) is 11.0 Å². The second kappa shape index (κ2) is 14.4. The Hall–Kier alpha value is -5.41. The van der Waals surface area contributed by atoms with E-state index in [1.165, 1.54) is 5.56 Å². The van der Waals surface area contributed by atoms with Crippen molar-refractivity contribution in [1.82, 2.24) is 14.8 Å². The number of anilines is 1. The summed E-state index contributed by atoms with van der Waals surface area (Å²) in [6.07, 6.45) is 3.16. The Bertz CT molecular complexity index is 2060. The van der Waals surface area contributed by atoms with Crippen molar-refractivity contribution in [3.63, 3.8) is 0 Å². The van der Waals surface area contributed by atoms with Gasteiger partial charge in [0.05, 0.1) is 5.56 Å². The van der Waals surface area contributed by atoms with Gasteiger partial charge in [-0.1, -0.05) is 54.6 Å². The fourth-order valence-electron chi connectivity index (χ4n) is 6.78. The highest BCUT2D eigenvalue weighted by Crippen LogP contribution is 2.33. The van der Waals surface area contributed by atoms with Crippen LogP contribution in [0.2, 0.25) is 0 Å². The zero-order valence-electron chi connectivity index (χ0n) is 29.5. The van der Waals surface area contributed by atoms with Crippen molar-refractivity contribution in [3.05, 3.63) is 114 Å². The van der Waals surface area contributed by atoms with E-state index < -0.39 is 11.6 Å². The number of carbonyl (C=O) groups excluding carboxylic acids is 1. The number of benzene rings is 4. The van der Waals surface area contributed by atoms with E-state index >= 15 is 0 Å². The van der Waals surface area contributed by atoms with E-state index in [9.17, 15) is 14.7 Å². The average molecular weight is 685 g/mol. The van der Waals surface area contributed by atoms with Crippen LogP contribution in [0.15, 0.2) is 101 Å². The number of piperazine rings is 1. The molecule has 5 aromatic rings. The fraction of sp³-hybridized carbons (Fsp3) is 0.310. The summed E-state index contributed by atoms with van der Waals surface area (Å²) in [6.45, 7) is 11.4. The molecule has 0 radical (unpaired) electrons. The number of oxazole rings is 1. The number of rotatable bonds is 8. The monoisotopic (exact) mass is 684 g/mol. The van der Waals surface area contributed by atoms with Crippen molar-refractivity contribution < 1.29 is 23.8 Å². The largest absolute Gasteiger partial charge is 0.478 e. The zero-order chi connectivity index (χ0) is 35.5. The number of carboxylic acids is 1. The molecule has 9 nitrogen and oxygen atoms in total. The number of amides is 1. The first-order chi connectivity index (χ1) is 24.6. The molecule has 2 aliphatic heterocycles. The van der Waals surface area contributed by atoms with Gasteiger partial charge in [0.2, 0.25) is 5.89 Å². The van der Waals surface area contributed by atoms with Gasteiger partial charge in [0.25, 0.3) is 0 Å². The topological polar surface area (TPSA) is 99.4 Å². The summed E-state index contributed by atoms with van der Waals surface area (Å²) in [5, 5.41) is 9.97. The van der Waals surface area contributed by atoms with Gasteiger partial charge in [0, 0.05) is 57.1 Å². The van der Waals surface area contributed by atoms with Crippen molar-refractivity contribution >= 4 is 34.4 Å². The van der Waals surface area contributed by atoms with Gasteiger partial charge in [-0.05, 0) is 104 Å². The molecule has 3 heterocycles. The summed E-state index contributed by atoms with van der Waals surface area (Å²) >= 11 is 0. The van der Waals surface area contributed by atoms with Crippen LogP contribution in [0.4, 0.5) is 10.5 Å². The van der Waals surface area contributed by atoms with Gasteiger partial charge in [-0.15, -0.1) is 0 Å². The van der Waals surface area contributed by atoms with Crippen LogP contribution in [-0.4, -0.2) is 83.4 Å². The molecule has 0 saturated carbocycles. The van der Waals surface area contributed by atoms with E-state index in [4.69, 9.17) is 14.1 Å². The molecule has 7 rings (SSSR count). The molecule has 0 bridgehead atoms. The number of carbonyl (C=O) groups is 2. The van der Waals surface area contributed by atoms with Crippen molar-refractivity contribution in [3.8, 4) is 22.6 Å². The Balaban J connectivity index is 1.02. The van der Waals surface area contributed by atoms with Gasteiger partial charge in [0.15, 0.2) is 5.58 Å². The lowest BCUT2D eigenvalue weighted by atomic mass is 9.91. The van der Waals surface area contributed by atoms with E-state index in [1.807, 2.05) is 69.3 Å². The van der Waals surface area contributed by atoms with Crippen molar-refractivity contribution in [2.24, 2.45) is 0 Å². The molecule has 4 aromatic carbocycles. The van der Waals surface area contributed by atoms with Crippen LogP contribution < -0.4 is 4.90 Å². The van der Waals surface area contributed by atoms with E-state index in [-0.39, 0.29) is 11.7 Å². The van der Waals surface area contributed by atoms with Crippen LogP contribution in [0.3, 0.4) is 0 Å². The minimum absolute atomic E-state index is 0.239. The lowest BCUT2D eigenvalue weighted by Gasteiger charge is -2.36. The summed E-state index contributed by atoms with van der Waals surface area (Å²) in [7, 11) is 0. The fourth-order valence-corrected chi connectivity index (χ4v) is 6.78. The quantitative estimate of drug-likeness (QED) is 0.175. The lowest BCUT2D eigenvalue weighted by molar-refractivity contribution is 0.0270. The number of ether oxygens (including phenoxy) is 1. The Morgan fingerprint density at radius 1 is 0.843 bits per heavy atom. The summed E-state index contributed by atoms with van der Waals surface area (Å²) < 4.78 is 11.7. The molecule has 2 aliphatic rings. The molecule has 0 spiro atoms. The van der Waals surface area contributed by atoms with Crippen LogP contribution >= 0.6 is 0 Å². The van der Waals surface area contributed by atoms with Crippen molar-refractivity contribution in [1.29, 1.82) is 0 Å². The number of hydrogen-bond donors (Lipinski definition) is 1. The smallest absolute Gasteiger partial charge is 0.410 e. The minimum atomic E-state index is -0.984. The van der Waals surface area contributed by atoms with E-state index in [0.29, 0.717) is 31.0 Å². The van der Waals surface area contributed by atoms with Crippen LogP contribution in [0, 0.1) is 0 Å². The first-order valence-corrected chi connectivity index (χ1v) is 17.7. The first kappa shape index (κ1) is 34.1. The number of fused-ring (bicyclic) bond motifs is 1. The third-order valence-electron chi connectivity index (χ3n) is 9.59. The average Bonchev–Trinajstić information content (AvgIpc) is 3.58. The predicted molar refractivity (Wildman–Crippen MR) is 201 cm³/mol. The molecule has 0 unspecified atom stereocenters. The number of nitrogens with zero attached hydrogens (tertiary/aromatic N) is 4. The standard InChI is InChI=1S/C42H44N4O5/c1-42(2,3)51-41(49)46-21-18-31(19-22-46)36-27-33(13-15-35(36)40(47)48)30-9-11-32(12-10-30)39-43-37-28-34(14-16-38(37)50-39)45-25-23-44(24-26-45)20-17-29-7-5-4-6-8-29/h4-16,18,27-28H,17,19-26H2,1-3H3,(H,47,48). The molecular weight excluding hydrogens is 640 g/mol. The van der Waals surface area contributed by atoms with Gasteiger partial charge in [-0.3, -0.25) is 4.90 Å². The Morgan fingerprint density at radius 2 is 1.57 bits per heavy atom. The second-order valence-electron chi connectivity index (χ2n) is 14.3. The Morgan fingerprint density at radius 3 is 2.25 bits per heavy atom. The maximum Gasteiger partial charge on any atom is 0.410 e. The molecule has 1 saturated heterocycles.